The Balaban J connectivity index is 2.25. The van der Waals surface area contributed by atoms with Crippen molar-refractivity contribution in [3.8, 4) is 0 Å². The van der Waals surface area contributed by atoms with E-state index in [-0.39, 0.29) is 6.04 Å². The molecular formula is C14H21N5. The fourth-order valence-electron chi connectivity index (χ4n) is 2.23. The first kappa shape index (κ1) is 13.7. The van der Waals surface area contributed by atoms with Crippen molar-refractivity contribution in [3.05, 3.63) is 41.7 Å². The van der Waals surface area contributed by atoms with Gasteiger partial charge in [-0.15, -0.1) is 0 Å². The second-order valence-corrected chi connectivity index (χ2v) is 4.97. The summed E-state index contributed by atoms with van der Waals surface area (Å²) in [5.74, 6) is 0.986. The summed E-state index contributed by atoms with van der Waals surface area (Å²) in [7, 11) is 1.95. The molecule has 0 fully saturated rings. The number of hydrogen-bond donors (Lipinski definition) is 1. The van der Waals surface area contributed by atoms with Gasteiger partial charge in [0.25, 0.3) is 0 Å². The highest BCUT2D eigenvalue weighted by Gasteiger charge is 2.17. The molecule has 5 nitrogen and oxygen atoms in total. The van der Waals surface area contributed by atoms with Crippen LogP contribution in [0.1, 0.15) is 43.0 Å². The van der Waals surface area contributed by atoms with Gasteiger partial charge in [-0.1, -0.05) is 6.07 Å². The third kappa shape index (κ3) is 2.98. The van der Waals surface area contributed by atoms with Crippen LogP contribution < -0.4 is 5.32 Å². The molecule has 1 atom stereocenters. The van der Waals surface area contributed by atoms with Gasteiger partial charge in [0.05, 0.1) is 11.7 Å². The first-order valence-corrected chi connectivity index (χ1v) is 6.60. The summed E-state index contributed by atoms with van der Waals surface area (Å²) in [5.41, 5.74) is 2.26. The maximum absolute atomic E-state index is 4.48. The van der Waals surface area contributed by atoms with Crippen molar-refractivity contribution in [1.29, 1.82) is 0 Å². The van der Waals surface area contributed by atoms with Gasteiger partial charge in [0, 0.05) is 18.7 Å². The molecule has 102 valence electrons. The van der Waals surface area contributed by atoms with E-state index in [1.54, 1.807) is 6.33 Å². The normalized spacial score (nSPS) is 12.9. The van der Waals surface area contributed by atoms with E-state index in [1.807, 2.05) is 24.0 Å². The highest BCUT2D eigenvalue weighted by atomic mass is 15.3. The summed E-state index contributed by atoms with van der Waals surface area (Å²) >= 11 is 0. The lowest BCUT2D eigenvalue weighted by Gasteiger charge is -2.18. The Labute approximate surface area is 114 Å². The number of pyridine rings is 1. The van der Waals surface area contributed by atoms with Gasteiger partial charge in [0.15, 0.2) is 0 Å². The Kier molecular flexibility index (Phi) is 4.27. The lowest BCUT2D eigenvalue weighted by molar-refractivity contribution is 0.473. The molecule has 2 rings (SSSR count). The van der Waals surface area contributed by atoms with Crippen molar-refractivity contribution in [2.24, 2.45) is 0 Å². The number of nitrogens with zero attached hydrogens (tertiary/aromatic N) is 4. The van der Waals surface area contributed by atoms with Crippen LogP contribution in [-0.2, 0) is 6.42 Å². The van der Waals surface area contributed by atoms with E-state index in [4.69, 9.17) is 0 Å². The molecule has 0 radical (unpaired) electrons. The minimum Gasteiger partial charge on any atom is -0.311 e. The monoisotopic (exact) mass is 259 g/mol. The molecule has 0 bridgehead atoms. The summed E-state index contributed by atoms with van der Waals surface area (Å²) in [4.78, 5) is 8.85. The average molecular weight is 259 g/mol. The van der Waals surface area contributed by atoms with Crippen molar-refractivity contribution >= 4 is 0 Å². The Morgan fingerprint density at radius 3 is 2.74 bits per heavy atom. The van der Waals surface area contributed by atoms with Crippen LogP contribution in [-0.4, -0.2) is 26.8 Å². The predicted octanol–water partition coefficient (Wildman–Crippen LogP) is 2.07. The summed E-state index contributed by atoms with van der Waals surface area (Å²) < 4.78 is 1.96. The second kappa shape index (κ2) is 5.93. The maximum atomic E-state index is 4.48. The molecule has 1 N–H and O–H groups in total. The molecular weight excluding hydrogens is 238 g/mol. The van der Waals surface area contributed by atoms with E-state index >= 15 is 0 Å². The molecule has 5 heteroatoms. The van der Waals surface area contributed by atoms with Crippen LogP contribution in [0.2, 0.25) is 0 Å². The largest absolute Gasteiger partial charge is 0.311 e. The van der Waals surface area contributed by atoms with Gasteiger partial charge >= 0.3 is 0 Å². The molecule has 0 saturated carbocycles. The van der Waals surface area contributed by atoms with Crippen LogP contribution in [0.15, 0.2) is 24.7 Å². The molecule has 0 aliphatic carbocycles. The molecule has 2 heterocycles. The third-order valence-corrected chi connectivity index (χ3v) is 3.25. The zero-order valence-electron chi connectivity index (χ0n) is 12.0. The molecule has 0 aliphatic rings. The number of aryl methyl sites for hydroxylation is 1. The highest BCUT2D eigenvalue weighted by molar-refractivity contribution is 5.22. The van der Waals surface area contributed by atoms with Gasteiger partial charge in [-0.3, -0.25) is 4.98 Å². The van der Waals surface area contributed by atoms with Crippen molar-refractivity contribution in [2.45, 2.75) is 39.3 Å². The quantitative estimate of drug-likeness (QED) is 0.893. The van der Waals surface area contributed by atoms with Crippen LogP contribution >= 0.6 is 0 Å². The summed E-state index contributed by atoms with van der Waals surface area (Å²) in [6.45, 7) is 6.30. The topological polar surface area (TPSA) is 55.6 Å². The van der Waals surface area contributed by atoms with Gasteiger partial charge in [-0.2, -0.15) is 5.10 Å². The molecule has 2 aromatic heterocycles. The van der Waals surface area contributed by atoms with Gasteiger partial charge in [-0.25, -0.2) is 9.67 Å². The highest BCUT2D eigenvalue weighted by Crippen LogP contribution is 2.19. The lowest BCUT2D eigenvalue weighted by Crippen LogP contribution is -2.23. The van der Waals surface area contributed by atoms with Crippen LogP contribution in [0.25, 0.3) is 0 Å². The third-order valence-electron chi connectivity index (χ3n) is 3.25. The van der Waals surface area contributed by atoms with Crippen LogP contribution in [0.3, 0.4) is 0 Å². The summed E-state index contributed by atoms with van der Waals surface area (Å²) in [6.07, 6.45) is 4.24. The molecule has 19 heavy (non-hydrogen) atoms. The average Bonchev–Trinajstić information content (AvgIpc) is 2.85. The van der Waals surface area contributed by atoms with Crippen molar-refractivity contribution in [1.82, 2.24) is 25.1 Å². The van der Waals surface area contributed by atoms with Crippen LogP contribution in [0.5, 0.6) is 0 Å². The molecule has 0 amide bonds. The number of likely N-dealkylation sites (N-methyl/N-ethyl adjacent to an activating group) is 1. The molecule has 0 aliphatic heterocycles. The van der Waals surface area contributed by atoms with Gasteiger partial charge < -0.3 is 5.32 Å². The Hall–Kier alpha value is -1.75. The fraction of sp³-hybridized carbons (Fsp3) is 0.500. The standard InChI is InChI=1S/C14H21N5/c1-10(2)19-13(17-9-18-19)8-12(15-4)14-11(3)6-5-7-16-14/h5-7,9-10,12,15H,8H2,1-4H3. The van der Waals surface area contributed by atoms with Crippen molar-refractivity contribution in [3.63, 3.8) is 0 Å². The summed E-state index contributed by atoms with van der Waals surface area (Å²) in [6, 6.07) is 4.52. The number of aromatic nitrogens is 4. The Morgan fingerprint density at radius 1 is 1.32 bits per heavy atom. The van der Waals surface area contributed by atoms with Crippen LogP contribution in [0.4, 0.5) is 0 Å². The van der Waals surface area contributed by atoms with E-state index in [0.29, 0.717) is 6.04 Å². The molecule has 0 spiro atoms. The van der Waals surface area contributed by atoms with Gasteiger partial charge in [0.1, 0.15) is 12.2 Å². The van der Waals surface area contributed by atoms with E-state index in [0.717, 1.165) is 17.9 Å². The van der Waals surface area contributed by atoms with Crippen LogP contribution in [0, 0.1) is 6.92 Å². The number of rotatable bonds is 5. The molecule has 1 unspecified atom stereocenters. The maximum Gasteiger partial charge on any atom is 0.138 e. The first-order valence-electron chi connectivity index (χ1n) is 6.60. The SMILES string of the molecule is CNC(Cc1ncnn1C(C)C)c1ncccc1C. The zero-order chi connectivity index (χ0) is 13.8. The van der Waals surface area contributed by atoms with E-state index in [9.17, 15) is 0 Å². The zero-order valence-corrected chi connectivity index (χ0v) is 12.0. The fourth-order valence-corrected chi connectivity index (χ4v) is 2.23. The van der Waals surface area contributed by atoms with Crippen molar-refractivity contribution < 1.29 is 0 Å². The Morgan fingerprint density at radius 2 is 2.11 bits per heavy atom. The van der Waals surface area contributed by atoms with E-state index in [1.165, 1.54) is 5.56 Å². The Bertz CT molecular complexity index is 532. The van der Waals surface area contributed by atoms with Crippen molar-refractivity contribution in [2.75, 3.05) is 7.05 Å². The van der Waals surface area contributed by atoms with E-state index in [2.05, 4.69) is 47.2 Å². The molecule has 2 aromatic rings. The van der Waals surface area contributed by atoms with E-state index < -0.39 is 0 Å². The minimum absolute atomic E-state index is 0.155. The minimum atomic E-state index is 0.155. The van der Waals surface area contributed by atoms with Gasteiger partial charge in [-0.05, 0) is 39.4 Å². The number of nitrogens with one attached hydrogen (secondary N) is 1. The van der Waals surface area contributed by atoms with Gasteiger partial charge in [0.2, 0.25) is 0 Å². The molecule has 0 aromatic carbocycles. The smallest absolute Gasteiger partial charge is 0.138 e. The summed E-state index contributed by atoms with van der Waals surface area (Å²) in [5, 5.41) is 7.60. The lowest BCUT2D eigenvalue weighted by atomic mass is 10.0. The number of hydrogen-bond acceptors (Lipinski definition) is 4. The second-order valence-electron chi connectivity index (χ2n) is 4.97. The predicted molar refractivity (Wildman–Crippen MR) is 74.9 cm³/mol. The molecule has 0 saturated heterocycles. The first-order chi connectivity index (χ1) is 9.13.